The van der Waals surface area contributed by atoms with Crippen LogP contribution in [0, 0.1) is 5.92 Å². The Bertz CT molecular complexity index is 663. The summed E-state index contributed by atoms with van der Waals surface area (Å²) in [7, 11) is -1.74. The number of esters is 1. The summed E-state index contributed by atoms with van der Waals surface area (Å²) in [6.07, 6.45) is 0. The van der Waals surface area contributed by atoms with Crippen LogP contribution < -0.4 is 9.46 Å². The first-order chi connectivity index (χ1) is 10.1. The molecule has 2 N–H and O–H groups in total. The summed E-state index contributed by atoms with van der Waals surface area (Å²) in [6.45, 7) is 3.15. The summed E-state index contributed by atoms with van der Waals surface area (Å²) >= 11 is 0.646. The van der Waals surface area contributed by atoms with E-state index < -0.39 is 33.9 Å². The monoisotopic (exact) mass is 351 g/mol. The molecule has 0 spiro atoms. The maximum absolute atomic E-state index is 12.4. The van der Waals surface area contributed by atoms with Crippen LogP contribution in [0.1, 0.15) is 23.5 Å². The van der Waals surface area contributed by atoms with Gasteiger partial charge in [-0.1, -0.05) is 13.8 Å². The second kappa shape index (κ2) is 7.07. The van der Waals surface area contributed by atoms with E-state index >= 15 is 0 Å². The molecule has 1 aromatic rings. The molecule has 0 saturated heterocycles. The van der Waals surface area contributed by atoms with Gasteiger partial charge in [0.2, 0.25) is 0 Å². The number of rotatable bonds is 7. The van der Waals surface area contributed by atoms with Gasteiger partial charge in [-0.05, 0) is 5.92 Å². The Morgan fingerprint density at radius 3 is 2.32 bits per heavy atom. The van der Waals surface area contributed by atoms with Crippen molar-refractivity contribution in [3.63, 3.8) is 0 Å². The first-order valence-electron chi connectivity index (χ1n) is 6.15. The lowest BCUT2D eigenvalue weighted by Crippen LogP contribution is -2.44. The largest absolute Gasteiger partial charge is 0.494 e. The molecular formula is C12H17NO7S2. The number of carboxylic acids is 1. The summed E-state index contributed by atoms with van der Waals surface area (Å²) in [6, 6.07) is -0.0608. The van der Waals surface area contributed by atoms with Crippen LogP contribution >= 0.6 is 11.3 Å². The Labute approximate surface area is 132 Å². The molecule has 8 nitrogen and oxygen atoms in total. The van der Waals surface area contributed by atoms with Crippen LogP contribution in [0.15, 0.2) is 10.3 Å². The van der Waals surface area contributed by atoms with E-state index in [1.54, 1.807) is 13.8 Å². The minimum atomic E-state index is -4.16. The van der Waals surface area contributed by atoms with E-state index in [0.29, 0.717) is 11.3 Å². The van der Waals surface area contributed by atoms with Gasteiger partial charge in [0, 0.05) is 6.07 Å². The molecule has 1 atom stereocenters. The number of ether oxygens (including phenoxy) is 2. The van der Waals surface area contributed by atoms with Gasteiger partial charge in [-0.2, -0.15) is 4.72 Å². The van der Waals surface area contributed by atoms with Crippen molar-refractivity contribution < 1.29 is 32.6 Å². The summed E-state index contributed by atoms with van der Waals surface area (Å²) in [5.41, 5.74) is 0. The zero-order chi connectivity index (χ0) is 17.1. The molecular weight excluding hydrogens is 334 g/mol. The summed E-state index contributed by atoms with van der Waals surface area (Å²) in [5.74, 6) is -2.50. The molecule has 0 unspecified atom stereocenters. The van der Waals surface area contributed by atoms with Crippen LogP contribution in [0.4, 0.5) is 0 Å². The predicted octanol–water partition coefficient (Wildman–Crippen LogP) is 0.931. The number of carboxylic acid groups (broad SMARTS) is 1. The lowest BCUT2D eigenvalue weighted by Gasteiger charge is -2.17. The minimum absolute atomic E-state index is 0.0381. The van der Waals surface area contributed by atoms with Crippen molar-refractivity contribution in [3.8, 4) is 5.75 Å². The van der Waals surface area contributed by atoms with E-state index in [1.165, 1.54) is 20.3 Å². The Kier molecular flexibility index (Phi) is 5.92. The molecule has 0 amide bonds. The van der Waals surface area contributed by atoms with Crippen LogP contribution in [0.5, 0.6) is 5.75 Å². The van der Waals surface area contributed by atoms with E-state index in [0.717, 1.165) is 0 Å². The molecule has 22 heavy (non-hydrogen) atoms. The van der Waals surface area contributed by atoms with Crippen LogP contribution in [-0.4, -0.2) is 45.7 Å². The molecule has 1 heterocycles. The number of hydrogen-bond acceptors (Lipinski definition) is 7. The Balaban J connectivity index is 3.25. The molecule has 0 aromatic carbocycles. The van der Waals surface area contributed by atoms with Crippen LogP contribution in [0.2, 0.25) is 0 Å². The zero-order valence-corrected chi connectivity index (χ0v) is 14.1. The number of carbonyl (C=O) groups is 2. The number of nitrogens with one attached hydrogen (secondary N) is 1. The average molecular weight is 351 g/mol. The predicted molar refractivity (Wildman–Crippen MR) is 78.8 cm³/mol. The quantitative estimate of drug-likeness (QED) is 0.701. The van der Waals surface area contributed by atoms with Crippen molar-refractivity contribution in [1.82, 2.24) is 4.72 Å². The molecule has 0 radical (unpaired) electrons. The first-order valence-corrected chi connectivity index (χ1v) is 8.45. The van der Waals surface area contributed by atoms with Gasteiger partial charge in [0.05, 0.1) is 14.2 Å². The van der Waals surface area contributed by atoms with E-state index in [1.807, 2.05) is 0 Å². The number of hydrogen-bond donors (Lipinski definition) is 2. The van der Waals surface area contributed by atoms with E-state index in [-0.39, 0.29) is 14.8 Å². The second-order valence-electron chi connectivity index (χ2n) is 4.64. The third kappa shape index (κ3) is 3.96. The highest BCUT2D eigenvalue weighted by Gasteiger charge is 2.32. The van der Waals surface area contributed by atoms with Gasteiger partial charge in [-0.15, -0.1) is 11.3 Å². The second-order valence-corrected chi connectivity index (χ2v) is 7.60. The zero-order valence-electron chi connectivity index (χ0n) is 12.4. The highest BCUT2D eigenvalue weighted by Crippen LogP contribution is 2.34. The third-order valence-corrected chi connectivity index (χ3v) is 5.78. The molecule has 1 rings (SSSR count). The van der Waals surface area contributed by atoms with Crippen molar-refractivity contribution >= 4 is 33.3 Å². The van der Waals surface area contributed by atoms with Crippen molar-refractivity contribution in [2.24, 2.45) is 5.92 Å². The van der Waals surface area contributed by atoms with Gasteiger partial charge in [0.15, 0.2) is 9.96 Å². The van der Waals surface area contributed by atoms with Gasteiger partial charge in [-0.25, -0.2) is 13.2 Å². The van der Waals surface area contributed by atoms with Gasteiger partial charge in [0.1, 0.15) is 10.9 Å². The molecule has 10 heteroatoms. The molecule has 0 aliphatic carbocycles. The normalized spacial score (nSPS) is 13.0. The van der Waals surface area contributed by atoms with Crippen LogP contribution in [-0.2, 0) is 19.6 Å². The SMILES string of the molecule is COC(=O)c1cc(OC)c(S(=O)(=O)N[C@H](C(=O)O)C(C)C)s1. The molecule has 0 aliphatic rings. The Morgan fingerprint density at radius 1 is 1.32 bits per heavy atom. The standard InChI is InChI=1S/C12H17NO7S2/c1-6(2)9(10(14)15)13-22(17,18)12-7(19-3)5-8(21-12)11(16)20-4/h5-6,9,13H,1-4H3,(H,14,15)/t9-/m0/s1. The molecule has 1 aromatic heterocycles. The topological polar surface area (TPSA) is 119 Å². The highest BCUT2D eigenvalue weighted by molar-refractivity contribution is 7.91. The average Bonchev–Trinajstić information content (AvgIpc) is 2.88. The van der Waals surface area contributed by atoms with Gasteiger partial charge in [-0.3, -0.25) is 4.79 Å². The van der Waals surface area contributed by atoms with Gasteiger partial charge < -0.3 is 14.6 Å². The third-order valence-electron chi connectivity index (χ3n) is 2.73. The number of aliphatic carboxylic acids is 1. The Hall–Kier alpha value is -1.65. The number of carbonyl (C=O) groups excluding carboxylic acids is 1. The maximum atomic E-state index is 12.4. The fourth-order valence-electron chi connectivity index (χ4n) is 1.58. The number of thiophene rings is 1. The van der Waals surface area contributed by atoms with E-state index in [4.69, 9.17) is 9.84 Å². The van der Waals surface area contributed by atoms with Crippen LogP contribution in [0.25, 0.3) is 0 Å². The molecule has 0 saturated carbocycles. The van der Waals surface area contributed by atoms with Crippen molar-refractivity contribution in [3.05, 3.63) is 10.9 Å². The molecule has 124 valence electrons. The van der Waals surface area contributed by atoms with Crippen molar-refractivity contribution in [1.29, 1.82) is 0 Å². The lowest BCUT2D eigenvalue weighted by atomic mass is 10.1. The first kappa shape index (κ1) is 18.4. The van der Waals surface area contributed by atoms with Gasteiger partial charge >= 0.3 is 11.9 Å². The minimum Gasteiger partial charge on any atom is -0.494 e. The summed E-state index contributed by atoms with van der Waals surface area (Å²) < 4.78 is 36.0. The van der Waals surface area contributed by atoms with E-state index in [2.05, 4.69) is 9.46 Å². The van der Waals surface area contributed by atoms with Gasteiger partial charge in [0.25, 0.3) is 10.0 Å². The van der Waals surface area contributed by atoms with Crippen molar-refractivity contribution in [2.45, 2.75) is 24.1 Å². The maximum Gasteiger partial charge on any atom is 0.348 e. The smallest absolute Gasteiger partial charge is 0.348 e. The number of sulfonamides is 1. The van der Waals surface area contributed by atoms with Crippen molar-refractivity contribution in [2.75, 3.05) is 14.2 Å². The van der Waals surface area contributed by atoms with E-state index in [9.17, 15) is 18.0 Å². The Morgan fingerprint density at radius 2 is 1.91 bits per heavy atom. The molecule has 0 aliphatic heterocycles. The lowest BCUT2D eigenvalue weighted by molar-refractivity contribution is -0.140. The fraction of sp³-hybridized carbons (Fsp3) is 0.500. The molecule has 0 fully saturated rings. The summed E-state index contributed by atoms with van der Waals surface area (Å²) in [5, 5.41) is 9.08. The molecule has 0 bridgehead atoms. The summed E-state index contributed by atoms with van der Waals surface area (Å²) in [4.78, 5) is 22.7. The highest BCUT2D eigenvalue weighted by atomic mass is 32.2. The number of methoxy groups -OCH3 is 2. The fourth-order valence-corrected chi connectivity index (χ4v) is 4.43. The van der Waals surface area contributed by atoms with Crippen LogP contribution in [0.3, 0.4) is 0 Å².